The van der Waals surface area contributed by atoms with Gasteiger partial charge < -0.3 is 4.90 Å². The highest BCUT2D eigenvalue weighted by Gasteiger charge is 2.40. The van der Waals surface area contributed by atoms with Gasteiger partial charge in [-0.1, -0.05) is 33.6 Å². The van der Waals surface area contributed by atoms with Crippen molar-refractivity contribution in [2.24, 2.45) is 5.41 Å². The van der Waals surface area contributed by atoms with Crippen molar-refractivity contribution in [1.82, 2.24) is 4.90 Å². The lowest BCUT2D eigenvalue weighted by Crippen LogP contribution is -2.48. The molecule has 0 aliphatic carbocycles. The third-order valence-electron chi connectivity index (χ3n) is 3.51. The second-order valence-corrected chi connectivity index (χ2v) is 6.67. The molecule has 102 valence electrons. The smallest absolute Gasteiger partial charge is 0.243 e. The molecule has 1 rings (SSSR count). The molecule has 4 heteroatoms. The maximum absolute atomic E-state index is 12.7. The van der Waals surface area contributed by atoms with Crippen molar-refractivity contribution in [3.8, 4) is 6.07 Å². The van der Waals surface area contributed by atoms with Crippen molar-refractivity contribution < 1.29 is 4.79 Å². The number of thioether (sulfide) groups is 1. The third-order valence-corrected chi connectivity index (χ3v) is 4.64. The van der Waals surface area contributed by atoms with Gasteiger partial charge in [0.2, 0.25) is 5.91 Å². The van der Waals surface area contributed by atoms with Gasteiger partial charge in [-0.2, -0.15) is 17.0 Å². The minimum Gasteiger partial charge on any atom is -0.339 e. The molecular formula is C14H24N2OS. The largest absolute Gasteiger partial charge is 0.339 e. The number of nitrogens with zero attached hydrogens (tertiary/aromatic N) is 2. The summed E-state index contributed by atoms with van der Waals surface area (Å²) in [5.41, 5.74) is -0.773. The molecule has 1 saturated heterocycles. The molecule has 3 nitrogen and oxygen atoms in total. The van der Waals surface area contributed by atoms with Gasteiger partial charge in [0.25, 0.3) is 0 Å². The molecule has 0 N–H and O–H groups in total. The average Bonchev–Trinajstić information content (AvgIpc) is 2.37. The summed E-state index contributed by atoms with van der Waals surface area (Å²) in [4.78, 5) is 14.6. The van der Waals surface area contributed by atoms with E-state index in [1.54, 1.807) is 0 Å². The van der Waals surface area contributed by atoms with Gasteiger partial charge in [-0.15, -0.1) is 0 Å². The number of hydrogen-bond acceptors (Lipinski definition) is 3. The summed E-state index contributed by atoms with van der Waals surface area (Å²) in [5.74, 6) is 1.06. The zero-order chi connectivity index (χ0) is 13.6. The summed E-state index contributed by atoms with van der Waals surface area (Å²) in [6, 6.07) is 2.33. The number of carbonyl (C=O) groups is 1. The molecule has 1 unspecified atom stereocenters. The first-order chi connectivity index (χ1) is 8.59. The van der Waals surface area contributed by atoms with E-state index in [9.17, 15) is 10.1 Å². The molecule has 0 bridgehead atoms. The Hall–Kier alpha value is -0.690. The molecule has 0 aromatic rings. The fourth-order valence-corrected chi connectivity index (χ4v) is 3.67. The van der Waals surface area contributed by atoms with E-state index >= 15 is 0 Å². The maximum atomic E-state index is 12.7. The molecule has 0 radical (unpaired) electrons. The lowest BCUT2D eigenvalue weighted by Gasteiger charge is -2.36. The maximum Gasteiger partial charge on any atom is 0.243 e. The predicted molar refractivity (Wildman–Crippen MR) is 76.4 cm³/mol. The van der Waals surface area contributed by atoms with Crippen molar-refractivity contribution >= 4 is 17.7 Å². The molecule has 1 amide bonds. The Kier molecular flexibility index (Phi) is 6.01. The zero-order valence-electron chi connectivity index (χ0n) is 11.7. The van der Waals surface area contributed by atoms with Crippen molar-refractivity contribution in [3.05, 3.63) is 0 Å². The summed E-state index contributed by atoms with van der Waals surface area (Å²) in [5, 5.41) is 9.99. The van der Waals surface area contributed by atoms with Crippen molar-refractivity contribution in [2.75, 3.05) is 18.8 Å². The fourth-order valence-electron chi connectivity index (χ4n) is 2.66. The van der Waals surface area contributed by atoms with Gasteiger partial charge in [0, 0.05) is 24.1 Å². The van der Waals surface area contributed by atoms with Crippen LogP contribution in [0.25, 0.3) is 0 Å². The lowest BCUT2D eigenvalue weighted by molar-refractivity contribution is -0.139. The highest BCUT2D eigenvalue weighted by molar-refractivity contribution is 7.99. The molecule has 1 fully saturated rings. The number of amides is 1. The van der Waals surface area contributed by atoms with Crippen molar-refractivity contribution in [2.45, 2.75) is 51.7 Å². The monoisotopic (exact) mass is 268 g/mol. The molecule has 1 atom stereocenters. The van der Waals surface area contributed by atoms with Crippen LogP contribution in [0.2, 0.25) is 0 Å². The highest BCUT2D eigenvalue weighted by atomic mass is 32.2. The first kappa shape index (κ1) is 15.4. The molecule has 0 spiro atoms. The highest BCUT2D eigenvalue weighted by Crippen LogP contribution is 2.33. The van der Waals surface area contributed by atoms with Crippen LogP contribution in [0.4, 0.5) is 0 Å². The van der Waals surface area contributed by atoms with Crippen LogP contribution in [0.5, 0.6) is 0 Å². The van der Waals surface area contributed by atoms with Crippen LogP contribution in [0.1, 0.15) is 46.5 Å². The third kappa shape index (κ3) is 3.41. The molecule has 0 saturated carbocycles. The summed E-state index contributed by atoms with van der Waals surface area (Å²) >= 11 is 1.91. The van der Waals surface area contributed by atoms with E-state index in [0.717, 1.165) is 31.7 Å². The Balaban J connectivity index is 2.84. The van der Waals surface area contributed by atoms with Crippen LogP contribution >= 0.6 is 11.8 Å². The van der Waals surface area contributed by atoms with E-state index in [-0.39, 0.29) is 5.91 Å². The Morgan fingerprint density at radius 2 is 2.06 bits per heavy atom. The average molecular weight is 268 g/mol. The van der Waals surface area contributed by atoms with E-state index in [0.29, 0.717) is 18.1 Å². The zero-order valence-corrected chi connectivity index (χ0v) is 12.6. The molecule has 18 heavy (non-hydrogen) atoms. The van der Waals surface area contributed by atoms with Crippen molar-refractivity contribution in [3.63, 3.8) is 0 Å². The molecule has 1 aliphatic rings. The summed E-state index contributed by atoms with van der Waals surface area (Å²) in [7, 11) is 0. The fraction of sp³-hybridized carbons (Fsp3) is 0.857. The predicted octanol–water partition coefficient (Wildman–Crippen LogP) is 3.06. The van der Waals surface area contributed by atoms with Crippen LogP contribution in [0.15, 0.2) is 0 Å². The Morgan fingerprint density at radius 3 is 2.50 bits per heavy atom. The van der Waals surface area contributed by atoms with Crippen LogP contribution in [-0.2, 0) is 4.79 Å². The molecule has 1 heterocycles. The summed E-state index contributed by atoms with van der Waals surface area (Å²) < 4.78 is 0. The minimum atomic E-state index is -0.773. The first-order valence-electron chi connectivity index (χ1n) is 6.92. The minimum absolute atomic E-state index is 0.0702. The lowest BCUT2D eigenvalue weighted by atomic mass is 9.79. The van der Waals surface area contributed by atoms with E-state index in [2.05, 4.69) is 13.0 Å². The van der Waals surface area contributed by atoms with Crippen LogP contribution in [0, 0.1) is 16.7 Å². The first-order valence-corrected chi connectivity index (χ1v) is 7.96. The van der Waals surface area contributed by atoms with Gasteiger partial charge in [-0.25, -0.2) is 0 Å². The normalized spacial score (nSPS) is 20.6. The molecule has 0 aromatic carbocycles. The van der Waals surface area contributed by atoms with E-state index in [4.69, 9.17) is 0 Å². The number of rotatable bonds is 5. The van der Waals surface area contributed by atoms with Gasteiger partial charge in [0.15, 0.2) is 0 Å². The van der Waals surface area contributed by atoms with Gasteiger partial charge >= 0.3 is 0 Å². The number of carbonyl (C=O) groups excluding carboxylic acids is 1. The SMILES string of the molecule is CCCC(C#N)(CCC)C(=O)N1CCSC(C)C1. The van der Waals surface area contributed by atoms with Crippen LogP contribution < -0.4 is 0 Å². The van der Waals surface area contributed by atoms with Gasteiger partial charge in [-0.05, 0) is 12.8 Å². The number of hydrogen-bond donors (Lipinski definition) is 0. The van der Waals surface area contributed by atoms with E-state index < -0.39 is 5.41 Å². The molecule has 1 aliphatic heterocycles. The van der Waals surface area contributed by atoms with Crippen LogP contribution in [0.3, 0.4) is 0 Å². The quantitative estimate of drug-likeness (QED) is 0.769. The Labute approximate surface area is 115 Å². The second-order valence-electron chi connectivity index (χ2n) is 5.13. The Bertz CT molecular complexity index is 318. The van der Waals surface area contributed by atoms with Gasteiger partial charge in [0.1, 0.15) is 5.41 Å². The van der Waals surface area contributed by atoms with Crippen LogP contribution in [-0.4, -0.2) is 34.9 Å². The topological polar surface area (TPSA) is 44.1 Å². The van der Waals surface area contributed by atoms with Gasteiger partial charge in [-0.3, -0.25) is 4.79 Å². The summed E-state index contributed by atoms with van der Waals surface area (Å²) in [6.45, 7) is 7.83. The standard InChI is InChI=1S/C14H24N2OS/c1-4-6-14(11-15,7-5-2)13(17)16-8-9-18-12(3)10-16/h12H,4-10H2,1-3H3. The van der Waals surface area contributed by atoms with E-state index in [1.165, 1.54) is 0 Å². The summed E-state index contributed by atoms with van der Waals surface area (Å²) in [6.07, 6.45) is 3.15. The molecule has 0 aromatic heterocycles. The van der Waals surface area contributed by atoms with Crippen molar-refractivity contribution in [1.29, 1.82) is 5.26 Å². The molecular weight excluding hydrogens is 244 g/mol. The van der Waals surface area contributed by atoms with Gasteiger partial charge in [0.05, 0.1) is 6.07 Å². The second kappa shape index (κ2) is 7.04. The number of nitriles is 1. The van der Waals surface area contributed by atoms with E-state index in [1.807, 2.05) is 30.5 Å². The Morgan fingerprint density at radius 1 is 1.44 bits per heavy atom.